The van der Waals surface area contributed by atoms with Crippen LogP contribution in [-0.2, 0) is 19.1 Å². The van der Waals surface area contributed by atoms with Crippen LogP contribution in [0.15, 0.2) is 11.6 Å². The molecule has 0 radical (unpaired) electrons. The molecule has 4 aliphatic rings. The Morgan fingerprint density at radius 1 is 0.974 bits per heavy atom. The average molecular weight is 547 g/mol. The summed E-state index contributed by atoms with van der Waals surface area (Å²) in [5.41, 5.74) is 2.09. The van der Waals surface area contributed by atoms with Gasteiger partial charge < -0.3 is 14.9 Å². The molecule has 0 aromatic rings. The Morgan fingerprint density at radius 2 is 1.72 bits per heavy atom. The number of rotatable bonds is 11. The summed E-state index contributed by atoms with van der Waals surface area (Å²) in [6.07, 6.45) is 14.8. The minimum Gasteiger partial charge on any atom is -0.565 e. The molecule has 4 rings (SSSR count). The summed E-state index contributed by atoms with van der Waals surface area (Å²) >= 11 is 0. The molecule has 4 N–H and O–H groups in total. The zero-order valence-corrected chi connectivity index (χ0v) is 25.0. The van der Waals surface area contributed by atoms with E-state index in [0.717, 1.165) is 55.3 Å². The van der Waals surface area contributed by atoms with Gasteiger partial charge in [0.25, 0.3) is 0 Å². The molecule has 0 spiro atoms. The second-order valence-electron chi connectivity index (χ2n) is 14.5. The third-order valence-electron chi connectivity index (χ3n) is 11.8. The van der Waals surface area contributed by atoms with E-state index >= 15 is 0 Å². The fourth-order valence-corrected chi connectivity index (χ4v) is 9.67. The Kier molecular flexibility index (Phi) is 9.22. The predicted octanol–water partition coefficient (Wildman–Crippen LogP) is 5.84. The van der Waals surface area contributed by atoms with Crippen LogP contribution in [0.25, 0.3) is 0 Å². The second kappa shape index (κ2) is 11.9. The topological polar surface area (TPSA) is 106 Å². The maximum Gasteiger partial charge on any atom is 0.520 e. The first-order chi connectivity index (χ1) is 18.3. The molecule has 6 heteroatoms. The average Bonchev–Trinajstić information content (AvgIpc) is 3.20. The zero-order chi connectivity index (χ0) is 28.5. The zero-order valence-electron chi connectivity index (χ0n) is 25.0. The minimum atomic E-state index is -1.07. The van der Waals surface area contributed by atoms with Crippen molar-refractivity contribution in [2.24, 2.45) is 52.3 Å². The Morgan fingerprint density at radius 3 is 2.38 bits per heavy atom. The van der Waals surface area contributed by atoms with E-state index in [1.807, 2.05) is 0 Å². The van der Waals surface area contributed by atoms with Gasteiger partial charge in [0.1, 0.15) is 18.4 Å². The SMILES string of the molecule is CC(C)CCCC(C)C1CCC2C3CC=C4CC(OC(=O)CC(CC(=O)[OH2+])C(=O)[OH2+])CCC4(C)C3CCC12C. The van der Waals surface area contributed by atoms with Crippen molar-refractivity contribution in [3.63, 3.8) is 0 Å². The van der Waals surface area contributed by atoms with E-state index in [1.54, 1.807) is 0 Å². The summed E-state index contributed by atoms with van der Waals surface area (Å²) in [5.74, 6) is 1.24. The summed E-state index contributed by atoms with van der Waals surface area (Å²) in [5, 5.41) is 14.4. The number of carbonyl (C=O) groups is 3. The highest BCUT2D eigenvalue weighted by atomic mass is 16.5. The maximum absolute atomic E-state index is 12.6. The molecular weight excluding hydrogens is 492 g/mol. The highest BCUT2D eigenvalue weighted by molar-refractivity contribution is 5.82. The van der Waals surface area contributed by atoms with Gasteiger partial charge in [-0.3, -0.25) is 4.79 Å². The summed E-state index contributed by atoms with van der Waals surface area (Å²) in [7, 11) is 0. The van der Waals surface area contributed by atoms with Crippen molar-refractivity contribution in [1.29, 1.82) is 0 Å². The first-order valence-corrected chi connectivity index (χ1v) is 15.7. The third kappa shape index (κ3) is 6.25. The molecule has 39 heavy (non-hydrogen) atoms. The lowest BCUT2D eigenvalue weighted by molar-refractivity contribution is -0.158. The molecule has 3 fully saturated rings. The second-order valence-corrected chi connectivity index (χ2v) is 14.5. The van der Waals surface area contributed by atoms with Crippen molar-refractivity contribution in [3.05, 3.63) is 11.6 Å². The summed E-state index contributed by atoms with van der Waals surface area (Å²) in [6.45, 7) is 12.3. The number of ether oxygens (including phenoxy) is 1. The molecule has 0 aromatic heterocycles. The van der Waals surface area contributed by atoms with E-state index in [2.05, 4.69) is 40.7 Å². The normalized spacial score (nSPS) is 37.2. The van der Waals surface area contributed by atoms with Gasteiger partial charge in [-0.15, -0.1) is 0 Å². The number of carbonyl (C=O) groups excluding carboxylic acids is 3. The molecule has 4 aliphatic carbocycles. The molecular formula is C33H54O6+2. The predicted molar refractivity (Wildman–Crippen MR) is 153 cm³/mol. The van der Waals surface area contributed by atoms with Gasteiger partial charge in [0, 0.05) is 16.0 Å². The number of allylic oxidation sites excluding steroid dienone is 1. The number of esters is 1. The molecule has 0 amide bonds. The van der Waals surface area contributed by atoms with Gasteiger partial charge in [0.15, 0.2) is 0 Å². The number of fused-ring (bicyclic) bond motifs is 5. The van der Waals surface area contributed by atoms with Gasteiger partial charge in [-0.2, -0.15) is 0 Å². The van der Waals surface area contributed by atoms with Crippen LogP contribution in [0.4, 0.5) is 0 Å². The lowest BCUT2D eigenvalue weighted by Gasteiger charge is -2.58. The Balaban J connectivity index is 1.38. The molecule has 0 heterocycles. The van der Waals surface area contributed by atoms with Crippen molar-refractivity contribution in [3.8, 4) is 0 Å². The van der Waals surface area contributed by atoms with E-state index in [1.165, 1.54) is 50.5 Å². The van der Waals surface area contributed by atoms with E-state index in [0.29, 0.717) is 11.3 Å². The number of hydrogen-bond donors (Lipinski definition) is 0. The lowest BCUT2D eigenvalue weighted by atomic mass is 9.47. The van der Waals surface area contributed by atoms with Crippen LogP contribution in [0.2, 0.25) is 0 Å². The largest absolute Gasteiger partial charge is 0.565 e. The molecule has 9 unspecified atom stereocenters. The monoisotopic (exact) mass is 546 g/mol. The van der Waals surface area contributed by atoms with Gasteiger partial charge in [0.2, 0.25) is 0 Å². The van der Waals surface area contributed by atoms with E-state index in [4.69, 9.17) is 14.9 Å². The van der Waals surface area contributed by atoms with E-state index in [9.17, 15) is 14.4 Å². The van der Waals surface area contributed by atoms with Gasteiger partial charge in [-0.1, -0.05) is 65.5 Å². The molecule has 6 nitrogen and oxygen atoms in total. The smallest absolute Gasteiger partial charge is 0.520 e. The minimum absolute atomic E-state index is 0.172. The fraction of sp³-hybridized carbons (Fsp3) is 0.848. The molecule has 9 atom stereocenters. The van der Waals surface area contributed by atoms with Gasteiger partial charge >= 0.3 is 17.9 Å². The van der Waals surface area contributed by atoms with Crippen molar-refractivity contribution >= 4 is 17.9 Å². The van der Waals surface area contributed by atoms with Crippen molar-refractivity contribution in [2.45, 2.75) is 124 Å². The molecule has 3 saturated carbocycles. The van der Waals surface area contributed by atoms with E-state index < -0.39 is 30.2 Å². The first kappa shape index (κ1) is 30.1. The van der Waals surface area contributed by atoms with Crippen molar-refractivity contribution in [2.75, 3.05) is 0 Å². The maximum atomic E-state index is 12.6. The van der Waals surface area contributed by atoms with Crippen LogP contribution in [-0.4, -0.2) is 34.2 Å². The Hall–Kier alpha value is -1.85. The summed E-state index contributed by atoms with van der Waals surface area (Å²) < 4.78 is 5.77. The molecule has 0 aromatic carbocycles. The summed E-state index contributed by atoms with van der Waals surface area (Å²) in [4.78, 5) is 35.2. The quantitative estimate of drug-likeness (QED) is 0.184. The van der Waals surface area contributed by atoms with Crippen LogP contribution >= 0.6 is 0 Å². The number of hydrogen-bond acceptors (Lipinski definition) is 4. The van der Waals surface area contributed by atoms with Gasteiger partial charge in [0.05, 0.1) is 6.42 Å². The fourth-order valence-electron chi connectivity index (χ4n) is 9.67. The first-order valence-electron chi connectivity index (χ1n) is 15.7. The Bertz CT molecular complexity index is 954. The van der Waals surface area contributed by atoms with E-state index in [-0.39, 0.29) is 17.9 Å². The van der Waals surface area contributed by atoms with Crippen molar-refractivity contribution < 1.29 is 29.3 Å². The van der Waals surface area contributed by atoms with Crippen LogP contribution in [0.3, 0.4) is 0 Å². The van der Waals surface area contributed by atoms with Crippen LogP contribution in [0, 0.1) is 52.3 Å². The highest BCUT2D eigenvalue weighted by Gasteiger charge is 2.59. The van der Waals surface area contributed by atoms with Crippen LogP contribution in [0.1, 0.15) is 118 Å². The molecule has 0 bridgehead atoms. The molecule has 0 saturated heterocycles. The van der Waals surface area contributed by atoms with Crippen molar-refractivity contribution in [1.82, 2.24) is 0 Å². The van der Waals surface area contributed by atoms with Crippen LogP contribution < -0.4 is 0 Å². The molecule has 0 aliphatic heterocycles. The highest BCUT2D eigenvalue weighted by Crippen LogP contribution is 2.67. The summed E-state index contributed by atoms with van der Waals surface area (Å²) in [6, 6.07) is 0. The third-order valence-corrected chi connectivity index (χ3v) is 11.8. The Labute approximate surface area is 235 Å². The standard InChI is InChI=1S/C33H52O6/c1-20(2)7-6-8-21(3)26-11-12-27-25-10-9-23-19-24(39-30(36)18-22(31(37)38)17-29(34)35)13-15-32(23,4)28(25)14-16-33(26,27)5/h9,20-22,24-28H,6-8,10-19H2,1-5H3,(H,34,35)(H,37,38)/p+2. The lowest BCUT2D eigenvalue weighted by Crippen LogP contribution is -2.51. The molecule has 220 valence electrons. The van der Waals surface area contributed by atoms with Gasteiger partial charge in [-0.05, 0) is 91.3 Å². The van der Waals surface area contributed by atoms with Gasteiger partial charge in [-0.25, -0.2) is 0 Å². The van der Waals surface area contributed by atoms with Crippen LogP contribution in [0.5, 0.6) is 0 Å².